The lowest BCUT2D eigenvalue weighted by atomic mass is 10.2. The summed E-state index contributed by atoms with van der Waals surface area (Å²) in [5.41, 5.74) is -2.37. The molecule has 0 unspecified atom stereocenters. The van der Waals surface area contributed by atoms with Gasteiger partial charge in [-0.05, 0) is 63.5 Å². The summed E-state index contributed by atoms with van der Waals surface area (Å²) in [7, 11) is 1.51. The summed E-state index contributed by atoms with van der Waals surface area (Å²) in [4.78, 5) is 38.0. The second-order valence-electron chi connectivity index (χ2n) is 7.26. The molecule has 0 atom stereocenters. The minimum atomic E-state index is -0.980. The molecule has 24 heavy (non-hydrogen) atoms. The molecule has 0 aliphatic carbocycles. The van der Waals surface area contributed by atoms with Crippen LogP contribution in [0.1, 0.15) is 41.5 Å². The average Bonchev–Trinajstić information content (AvgIpc) is 2.30. The molecule has 0 saturated carbocycles. The molecule has 0 radical (unpaired) electrons. The van der Waals surface area contributed by atoms with Gasteiger partial charge in [0.1, 0.15) is 16.9 Å². The molecule has 1 heterocycles. The first kappa shape index (κ1) is 20.2. The highest BCUT2D eigenvalue weighted by Gasteiger charge is 2.34. The number of aryl methyl sites for hydroxylation is 1. The van der Waals surface area contributed by atoms with E-state index in [0.29, 0.717) is 9.37 Å². The summed E-state index contributed by atoms with van der Waals surface area (Å²) in [5.74, 6) is 0. The van der Waals surface area contributed by atoms with Crippen molar-refractivity contribution in [3.63, 3.8) is 0 Å². The van der Waals surface area contributed by atoms with Crippen molar-refractivity contribution in [2.24, 2.45) is 7.05 Å². The molecule has 0 bridgehead atoms. The average molecular weight is 403 g/mol. The lowest BCUT2D eigenvalue weighted by Gasteiger charge is -2.28. The van der Waals surface area contributed by atoms with Crippen molar-refractivity contribution in [3.8, 4) is 0 Å². The van der Waals surface area contributed by atoms with Crippen LogP contribution >= 0.6 is 15.9 Å². The van der Waals surface area contributed by atoms with Gasteiger partial charge in [-0.2, -0.15) is 4.90 Å². The number of carbonyl (C=O) groups excluding carboxylic acids is 2. The highest BCUT2D eigenvalue weighted by molar-refractivity contribution is 9.10. The second-order valence-corrected chi connectivity index (χ2v) is 8.17. The Bertz CT molecular complexity index is 670. The molecule has 0 fully saturated rings. The Morgan fingerprint density at radius 1 is 1.04 bits per heavy atom. The van der Waals surface area contributed by atoms with E-state index in [9.17, 15) is 14.4 Å². The molecule has 1 rings (SSSR count). The number of anilines is 1. The summed E-state index contributed by atoms with van der Waals surface area (Å²) >= 11 is 3.25. The lowest BCUT2D eigenvalue weighted by Crippen LogP contribution is -2.46. The Kier molecular flexibility index (Phi) is 5.86. The van der Waals surface area contributed by atoms with Gasteiger partial charge < -0.3 is 14.0 Å². The van der Waals surface area contributed by atoms with E-state index in [0.717, 1.165) is 0 Å². The van der Waals surface area contributed by atoms with E-state index in [-0.39, 0.29) is 5.69 Å². The summed E-state index contributed by atoms with van der Waals surface area (Å²) in [6.45, 7) is 9.98. The Balaban J connectivity index is 3.42. The molecule has 0 saturated heterocycles. The number of pyridine rings is 1. The third kappa shape index (κ3) is 5.67. The minimum absolute atomic E-state index is 0.157. The van der Waals surface area contributed by atoms with Gasteiger partial charge in [0.15, 0.2) is 0 Å². The zero-order valence-corrected chi connectivity index (χ0v) is 16.6. The molecule has 2 amide bonds. The van der Waals surface area contributed by atoms with Crippen LogP contribution in [0.15, 0.2) is 21.5 Å². The maximum Gasteiger partial charge on any atom is 0.424 e. The zero-order valence-electron chi connectivity index (χ0n) is 15.0. The maximum absolute atomic E-state index is 12.5. The van der Waals surface area contributed by atoms with Crippen molar-refractivity contribution in [3.05, 3.63) is 27.1 Å². The molecule has 7 nitrogen and oxygen atoms in total. The third-order valence-corrected chi connectivity index (χ3v) is 2.96. The number of carbonyl (C=O) groups is 2. The van der Waals surface area contributed by atoms with Gasteiger partial charge in [-0.3, -0.25) is 4.79 Å². The molecule has 0 aromatic carbocycles. The SMILES string of the molecule is Cn1cc(Br)cc(N(C(=O)OC(C)(C)C)C(=O)OC(C)(C)C)c1=O. The van der Waals surface area contributed by atoms with Crippen LogP contribution in [0.5, 0.6) is 0 Å². The van der Waals surface area contributed by atoms with Crippen LogP contribution in [-0.2, 0) is 16.5 Å². The summed E-state index contributed by atoms with van der Waals surface area (Å²) in [6, 6.07) is 1.37. The van der Waals surface area contributed by atoms with Gasteiger partial charge in [0.25, 0.3) is 5.56 Å². The predicted octanol–water partition coefficient (Wildman–Crippen LogP) is 3.82. The van der Waals surface area contributed by atoms with Crippen molar-refractivity contribution in [2.75, 3.05) is 4.90 Å². The number of rotatable bonds is 1. The molecule has 8 heteroatoms. The second kappa shape index (κ2) is 6.96. The monoisotopic (exact) mass is 402 g/mol. The topological polar surface area (TPSA) is 77.8 Å². The number of aromatic nitrogens is 1. The largest absolute Gasteiger partial charge is 0.443 e. The standard InChI is InChI=1S/C16H23BrN2O5/c1-15(2,3)23-13(21)19(14(22)24-16(4,5)6)11-8-10(17)9-18(7)12(11)20/h8-9H,1-7H3. The molecule has 0 aliphatic heterocycles. The van der Waals surface area contributed by atoms with Gasteiger partial charge in [-0.25, -0.2) is 9.59 Å². The predicted molar refractivity (Wildman–Crippen MR) is 94.3 cm³/mol. The van der Waals surface area contributed by atoms with Gasteiger partial charge in [0, 0.05) is 17.7 Å². The summed E-state index contributed by atoms with van der Waals surface area (Å²) in [6.07, 6.45) is -0.437. The minimum Gasteiger partial charge on any atom is -0.443 e. The first-order valence-electron chi connectivity index (χ1n) is 7.33. The van der Waals surface area contributed by atoms with E-state index in [1.54, 1.807) is 41.5 Å². The van der Waals surface area contributed by atoms with Crippen molar-refractivity contribution in [1.82, 2.24) is 4.57 Å². The number of halogens is 1. The molecule has 0 spiro atoms. The summed E-state index contributed by atoms with van der Waals surface area (Å²) in [5, 5.41) is 0. The van der Waals surface area contributed by atoms with E-state index in [2.05, 4.69) is 15.9 Å². The molecular weight excluding hydrogens is 380 g/mol. The van der Waals surface area contributed by atoms with Gasteiger partial charge >= 0.3 is 12.2 Å². The molecule has 0 aliphatic rings. The lowest BCUT2D eigenvalue weighted by molar-refractivity contribution is 0.0430. The number of ether oxygens (including phenoxy) is 2. The van der Waals surface area contributed by atoms with E-state index in [1.807, 2.05) is 0 Å². The van der Waals surface area contributed by atoms with Crippen LogP contribution in [0.25, 0.3) is 0 Å². The third-order valence-electron chi connectivity index (χ3n) is 2.52. The van der Waals surface area contributed by atoms with Crippen LogP contribution in [0.2, 0.25) is 0 Å². The summed E-state index contributed by atoms with van der Waals surface area (Å²) < 4.78 is 12.3. The quantitative estimate of drug-likeness (QED) is 0.713. The Hall–Kier alpha value is -1.83. The van der Waals surface area contributed by atoms with Crippen molar-refractivity contribution in [1.29, 1.82) is 0 Å². The first-order valence-corrected chi connectivity index (χ1v) is 8.13. The van der Waals surface area contributed by atoms with Crippen LogP contribution in [-0.4, -0.2) is 28.0 Å². The van der Waals surface area contributed by atoms with Gasteiger partial charge in [0.2, 0.25) is 0 Å². The van der Waals surface area contributed by atoms with Crippen LogP contribution < -0.4 is 10.5 Å². The highest BCUT2D eigenvalue weighted by atomic mass is 79.9. The van der Waals surface area contributed by atoms with E-state index in [1.165, 1.54) is 23.9 Å². The normalized spacial score (nSPS) is 11.8. The van der Waals surface area contributed by atoms with Gasteiger partial charge in [0.05, 0.1) is 0 Å². The Labute approximate surface area is 149 Å². The van der Waals surface area contributed by atoms with Crippen LogP contribution in [0, 0.1) is 0 Å². The molecule has 1 aromatic rings. The highest BCUT2D eigenvalue weighted by Crippen LogP contribution is 2.21. The molecular formula is C16H23BrN2O5. The molecule has 134 valence electrons. The zero-order chi connectivity index (χ0) is 18.9. The first-order chi connectivity index (χ1) is 10.7. The van der Waals surface area contributed by atoms with Gasteiger partial charge in [-0.15, -0.1) is 0 Å². The Morgan fingerprint density at radius 2 is 1.46 bits per heavy atom. The van der Waals surface area contributed by atoms with E-state index >= 15 is 0 Å². The fraction of sp³-hybridized carbons (Fsp3) is 0.562. The number of imide groups is 1. The van der Waals surface area contributed by atoms with Crippen LogP contribution in [0.4, 0.5) is 15.3 Å². The van der Waals surface area contributed by atoms with Crippen molar-refractivity contribution >= 4 is 33.8 Å². The van der Waals surface area contributed by atoms with E-state index in [4.69, 9.17) is 9.47 Å². The fourth-order valence-electron chi connectivity index (χ4n) is 1.70. The van der Waals surface area contributed by atoms with E-state index < -0.39 is 28.9 Å². The molecule has 0 N–H and O–H groups in total. The number of nitrogens with zero attached hydrogens (tertiary/aromatic N) is 2. The number of hydrogen-bond donors (Lipinski definition) is 0. The van der Waals surface area contributed by atoms with Gasteiger partial charge in [-0.1, -0.05) is 0 Å². The van der Waals surface area contributed by atoms with Crippen molar-refractivity contribution < 1.29 is 19.1 Å². The Morgan fingerprint density at radius 3 is 1.83 bits per heavy atom. The maximum atomic E-state index is 12.5. The van der Waals surface area contributed by atoms with Crippen LogP contribution in [0.3, 0.4) is 0 Å². The fourth-order valence-corrected chi connectivity index (χ4v) is 2.22. The smallest absolute Gasteiger partial charge is 0.424 e. The van der Waals surface area contributed by atoms with Crippen molar-refractivity contribution in [2.45, 2.75) is 52.7 Å². The molecule has 1 aromatic heterocycles. The number of amides is 2. The number of hydrogen-bond acceptors (Lipinski definition) is 5.